The number of hydrogen-bond donors (Lipinski definition) is 1. The molecule has 0 radical (unpaired) electrons. The van der Waals surface area contributed by atoms with Crippen molar-refractivity contribution in [2.24, 2.45) is 0 Å². The Labute approximate surface area is 125 Å². The summed E-state index contributed by atoms with van der Waals surface area (Å²) in [7, 11) is 3.95. The highest BCUT2D eigenvalue weighted by Crippen LogP contribution is 2.31. The lowest BCUT2D eigenvalue weighted by Gasteiger charge is -2.03. The summed E-state index contributed by atoms with van der Waals surface area (Å²) in [5.41, 5.74) is 0. The van der Waals surface area contributed by atoms with Crippen LogP contribution in [-0.4, -0.2) is 35.8 Å². The maximum Gasteiger partial charge on any atom is 0.208 e. The van der Waals surface area contributed by atoms with Gasteiger partial charge in [0.1, 0.15) is 0 Å². The number of rotatable bonds is 7. The zero-order chi connectivity index (χ0) is 13.7. The van der Waals surface area contributed by atoms with Crippen LogP contribution in [-0.2, 0) is 5.75 Å². The number of nitrogens with one attached hydrogen (secondary N) is 1. The highest BCUT2D eigenvalue weighted by Gasteiger charge is 2.08. The van der Waals surface area contributed by atoms with Gasteiger partial charge in [0.15, 0.2) is 9.47 Å². The Morgan fingerprint density at radius 1 is 1.32 bits per heavy atom. The molecule has 2 rings (SSSR count). The first kappa shape index (κ1) is 14.5. The molecule has 0 fully saturated rings. The molecule has 0 saturated carbocycles. The van der Waals surface area contributed by atoms with Crippen LogP contribution in [0.5, 0.6) is 0 Å². The average molecular weight is 315 g/mol. The maximum atomic E-state index is 4.35. The van der Waals surface area contributed by atoms with Gasteiger partial charge in [0.05, 0.1) is 0 Å². The minimum absolute atomic E-state index is 0.896. The lowest BCUT2D eigenvalue weighted by Crippen LogP contribution is -2.07. The Morgan fingerprint density at radius 3 is 2.84 bits per heavy atom. The van der Waals surface area contributed by atoms with E-state index in [1.54, 1.807) is 34.4 Å². The van der Waals surface area contributed by atoms with Crippen LogP contribution in [0.1, 0.15) is 18.2 Å². The van der Waals surface area contributed by atoms with Gasteiger partial charge in [-0.1, -0.05) is 30.0 Å². The summed E-state index contributed by atoms with van der Waals surface area (Å²) in [5.74, 6) is 0.896. The molecule has 0 spiro atoms. The lowest BCUT2D eigenvalue weighted by atomic mass is 10.5. The first-order valence-corrected chi connectivity index (χ1v) is 8.63. The van der Waals surface area contributed by atoms with Gasteiger partial charge in [0.25, 0.3) is 0 Å². The molecule has 0 bridgehead atoms. The van der Waals surface area contributed by atoms with Crippen LogP contribution < -0.4 is 10.2 Å². The second-order valence-corrected chi connectivity index (χ2v) is 7.39. The minimum atomic E-state index is 0.896. The van der Waals surface area contributed by atoms with E-state index >= 15 is 0 Å². The topological polar surface area (TPSA) is 53.9 Å². The molecule has 0 aliphatic heterocycles. The smallest absolute Gasteiger partial charge is 0.208 e. The van der Waals surface area contributed by atoms with Crippen LogP contribution in [0.4, 0.5) is 10.3 Å². The quantitative estimate of drug-likeness (QED) is 0.792. The van der Waals surface area contributed by atoms with Crippen LogP contribution in [0.3, 0.4) is 0 Å². The minimum Gasteiger partial charge on any atom is -0.362 e. The largest absolute Gasteiger partial charge is 0.362 e. The summed E-state index contributed by atoms with van der Waals surface area (Å²) in [6.07, 6.45) is 3.05. The summed E-state index contributed by atoms with van der Waals surface area (Å²) in [4.78, 5) is 7.58. The van der Waals surface area contributed by atoms with Crippen molar-refractivity contribution in [1.29, 1.82) is 0 Å². The van der Waals surface area contributed by atoms with Gasteiger partial charge < -0.3 is 10.2 Å². The van der Waals surface area contributed by atoms with Crippen molar-refractivity contribution >= 4 is 44.7 Å². The Morgan fingerprint density at radius 2 is 2.16 bits per heavy atom. The first-order chi connectivity index (χ1) is 9.19. The van der Waals surface area contributed by atoms with Gasteiger partial charge in [-0.05, 0) is 6.42 Å². The van der Waals surface area contributed by atoms with E-state index in [4.69, 9.17) is 0 Å². The molecule has 0 amide bonds. The van der Waals surface area contributed by atoms with Crippen molar-refractivity contribution < 1.29 is 0 Å². The zero-order valence-corrected chi connectivity index (χ0v) is 13.7. The monoisotopic (exact) mass is 315 g/mol. The fourth-order valence-electron chi connectivity index (χ4n) is 1.26. The van der Waals surface area contributed by atoms with Gasteiger partial charge >= 0.3 is 0 Å². The van der Waals surface area contributed by atoms with E-state index in [1.807, 2.05) is 25.2 Å². The molecule has 0 saturated heterocycles. The second kappa shape index (κ2) is 7.06. The molecule has 2 aromatic heterocycles. The molecule has 0 aliphatic carbocycles. The van der Waals surface area contributed by atoms with Crippen LogP contribution in [0, 0.1) is 0 Å². The van der Waals surface area contributed by atoms with Crippen molar-refractivity contribution in [3.63, 3.8) is 0 Å². The fraction of sp³-hybridized carbons (Fsp3) is 0.545. The van der Waals surface area contributed by atoms with Crippen molar-refractivity contribution in [3.05, 3.63) is 11.1 Å². The van der Waals surface area contributed by atoms with Gasteiger partial charge in [-0.3, -0.25) is 0 Å². The molecule has 19 heavy (non-hydrogen) atoms. The van der Waals surface area contributed by atoms with E-state index in [9.17, 15) is 0 Å². The Hall–Kier alpha value is -0.860. The van der Waals surface area contributed by atoms with Crippen LogP contribution >= 0.6 is 34.4 Å². The van der Waals surface area contributed by atoms with Gasteiger partial charge in [0, 0.05) is 37.5 Å². The Kier molecular flexibility index (Phi) is 5.41. The third kappa shape index (κ3) is 4.32. The predicted octanol–water partition coefficient (Wildman–Crippen LogP) is 3.17. The number of nitrogens with zero attached hydrogens (tertiary/aromatic N) is 4. The summed E-state index contributed by atoms with van der Waals surface area (Å²) >= 11 is 5.03. The number of thiazole rings is 1. The standard InChI is InChI=1S/C11H17N5S3/c1-4-5-12-9-13-6-8(18-9)7-17-11-15-14-10(19-11)16(2)3/h6H,4-5,7H2,1-3H3,(H,12,13). The van der Waals surface area contributed by atoms with Crippen LogP contribution in [0.2, 0.25) is 0 Å². The Bertz CT molecular complexity index is 508. The van der Waals surface area contributed by atoms with Crippen molar-refractivity contribution in [2.75, 3.05) is 30.9 Å². The normalized spacial score (nSPS) is 10.7. The van der Waals surface area contributed by atoms with Crippen molar-refractivity contribution in [1.82, 2.24) is 15.2 Å². The highest BCUT2D eigenvalue weighted by molar-refractivity contribution is 8.00. The molecule has 104 valence electrons. The molecule has 2 heterocycles. The van der Waals surface area contributed by atoms with E-state index in [2.05, 4.69) is 27.4 Å². The molecular formula is C11H17N5S3. The number of anilines is 2. The van der Waals surface area contributed by atoms with E-state index in [-0.39, 0.29) is 0 Å². The van der Waals surface area contributed by atoms with Gasteiger partial charge in [0.2, 0.25) is 5.13 Å². The number of hydrogen-bond acceptors (Lipinski definition) is 8. The molecule has 8 heteroatoms. The van der Waals surface area contributed by atoms with E-state index in [0.29, 0.717) is 0 Å². The molecular weight excluding hydrogens is 298 g/mol. The lowest BCUT2D eigenvalue weighted by molar-refractivity contribution is 0.972. The second-order valence-electron chi connectivity index (χ2n) is 4.09. The summed E-state index contributed by atoms with van der Waals surface area (Å²) < 4.78 is 1.00. The number of thioether (sulfide) groups is 1. The van der Waals surface area contributed by atoms with E-state index in [0.717, 1.165) is 33.3 Å². The zero-order valence-electron chi connectivity index (χ0n) is 11.2. The molecule has 0 unspecified atom stereocenters. The molecule has 0 aliphatic rings. The summed E-state index contributed by atoms with van der Waals surface area (Å²) in [6, 6.07) is 0. The maximum absolute atomic E-state index is 4.35. The molecule has 0 atom stereocenters. The highest BCUT2D eigenvalue weighted by atomic mass is 32.2. The van der Waals surface area contributed by atoms with Crippen LogP contribution in [0.25, 0.3) is 0 Å². The van der Waals surface area contributed by atoms with Gasteiger partial charge in [-0.15, -0.1) is 21.5 Å². The van der Waals surface area contributed by atoms with Gasteiger partial charge in [-0.25, -0.2) is 4.98 Å². The van der Waals surface area contributed by atoms with E-state index in [1.165, 1.54) is 4.88 Å². The first-order valence-electron chi connectivity index (χ1n) is 6.01. The Balaban J connectivity index is 1.85. The third-order valence-electron chi connectivity index (χ3n) is 2.20. The molecule has 5 nitrogen and oxygen atoms in total. The third-order valence-corrected chi connectivity index (χ3v) is 5.61. The average Bonchev–Trinajstić information content (AvgIpc) is 3.03. The SMILES string of the molecule is CCCNc1ncc(CSc2nnc(N(C)C)s2)s1. The predicted molar refractivity (Wildman–Crippen MR) is 84.7 cm³/mol. The summed E-state index contributed by atoms with van der Waals surface area (Å²) in [6.45, 7) is 3.12. The van der Waals surface area contributed by atoms with Crippen molar-refractivity contribution in [3.8, 4) is 0 Å². The molecule has 0 aromatic carbocycles. The molecule has 1 N–H and O–H groups in total. The fourth-order valence-corrected chi connectivity index (χ4v) is 3.89. The van der Waals surface area contributed by atoms with Crippen LogP contribution in [0.15, 0.2) is 10.5 Å². The van der Waals surface area contributed by atoms with Gasteiger partial charge in [-0.2, -0.15) is 0 Å². The van der Waals surface area contributed by atoms with E-state index < -0.39 is 0 Å². The number of aromatic nitrogens is 3. The van der Waals surface area contributed by atoms with Crippen molar-refractivity contribution in [2.45, 2.75) is 23.4 Å². The summed E-state index contributed by atoms with van der Waals surface area (Å²) in [5, 5.41) is 13.5. The molecule has 2 aromatic rings.